The minimum Gasteiger partial charge on any atom is -0.473 e. The second-order valence-electron chi connectivity index (χ2n) is 13.1. The maximum Gasteiger partial charge on any atom is 0.214 e. The fourth-order valence-electron chi connectivity index (χ4n) is 5.92. The number of pyridine rings is 1. The standard InChI is InChI=1S/C39H33F3N4O3/c1-23(2)8-10-26-12-25(19-47)14-34-38(26)45-36(46(34)35-21-48-22-39(35,3)4)16-28-15-32(42)29(17-31(28)41)33-6-5-7-37(44-33)49-20-27-11-9-24(18-43)13-30(27)40/h5-7,9,11-15,17,19,23,35H,16,20-22H2,1-4H3. The van der Waals surface area contributed by atoms with Gasteiger partial charge in [0, 0.05) is 40.5 Å². The lowest BCUT2D eigenvalue weighted by Gasteiger charge is -2.28. The Morgan fingerprint density at radius 3 is 2.53 bits per heavy atom. The number of halogens is 3. The fourth-order valence-corrected chi connectivity index (χ4v) is 5.92. The Labute approximate surface area is 282 Å². The molecular formula is C39H33F3N4O3. The maximum atomic E-state index is 15.9. The first kappa shape index (κ1) is 33.5. The molecule has 49 heavy (non-hydrogen) atoms. The molecule has 0 amide bonds. The molecule has 3 heterocycles. The van der Waals surface area contributed by atoms with E-state index in [2.05, 4.69) is 30.7 Å². The second-order valence-corrected chi connectivity index (χ2v) is 13.1. The third kappa shape index (κ3) is 6.92. The molecule has 1 aliphatic heterocycles. The number of rotatable bonds is 8. The first-order valence-electron chi connectivity index (χ1n) is 15.8. The number of ether oxygens (including phenoxy) is 2. The van der Waals surface area contributed by atoms with Gasteiger partial charge < -0.3 is 14.0 Å². The molecule has 0 bridgehead atoms. The van der Waals surface area contributed by atoms with Crippen LogP contribution < -0.4 is 4.74 Å². The van der Waals surface area contributed by atoms with Crippen LogP contribution >= 0.6 is 0 Å². The number of aromatic nitrogens is 3. The number of hydrogen-bond acceptors (Lipinski definition) is 6. The summed E-state index contributed by atoms with van der Waals surface area (Å²) in [7, 11) is 0. The molecular weight excluding hydrogens is 629 g/mol. The summed E-state index contributed by atoms with van der Waals surface area (Å²) in [4.78, 5) is 21.2. The van der Waals surface area contributed by atoms with Crippen molar-refractivity contribution in [2.45, 2.75) is 46.8 Å². The molecule has 1 aliphatic rings. The Morgan fingerprint density at radius 1 is 1.04 bits per heavy atom. The van der Waals surface area contributed by atoms with Crippen molar-refractivity contribution in [2.24, 2.45) is 11.3 Å². The molecule has 1 fully saturated rings. The summed E-state index contributed by atoms with van der Waals surface area (Å²) in [5, 5.41) is 8.96. The Hall–Kier alpha value is -5.45. The van der Waals surface area contributed by atoms with E-state index in [1.807, 2.05) is 24.5 Å². The van der Waals surface area contributed by atoms with Gasteiger partial charge in [0.25, 0.3) is 0 Å². The van der Waals surface area contributed by atoms with Gasteiger partial charge >= 0.3 is 0 Å². The van der Waals surface area contributed by atoms with Crippen LogP contribution in [0.5, 0.6) is 5.88 Å². The zero-order valence-electron chi connectivity index (χ0n) is 27.5. The second kappa shape index (κ2) is 13.6. The molecule has 3 aromatic carbocycles. The molecule has 10 heteroatoms. The van der Waals surface area contributed by atoms with Gasteiger partial charge in [0.1, 0.15) is 41.7 Å². The van der Waals surface area contributed by atoms with Crippen LogP contribution in [0.15, 0.2) is 60.7 Å². The minimum atomic E-state index is -0.696. The molecule has 1 unspecified atom stereocenters. The average molecular weight is 663 g/mol. The van der Waals surface area contributed by atoms with E-state index < -0.39 is 17.5 Å². The average Bonchev–Trinajstić information content (AvgIpc) is 3.61. The summed E-state index contributed by atoms with van der Waals surface area (Å²) in [6.07, 6.45) is 0.727. The number of fused-ring (bicyclic) bond motifs is 1. The molecule has 6 rings (SSSR count). The van der Waals surface area contributed by atoms with Crippen LogP contribution in [0.2, 0.25) is 0 Å². The van der Waals surface area contributed by atoms with Crippen LogP contribution in [-0.2, 0) is 17.8 Å². The highest BCUT2D eigenvalue weighted by Crippen LogP contribution is 2.41. The van der Waals surface area contributed by atoms with Crippen molar-refractivity contribution in [1.29, 1.82) is 5.26 Å². The minimum absolute atomic E-state index is 0.0372. The predicted octanol–water partition coefficient (Wildman–Crippen LogP) is 7.97. The highest BCUT2D eigenvalue weighted by Gasteiger charge is 2.39. The van der Waals surface area contributed by atoms with Crippen molar-refractivity contribution < 1.29 is 27.4 Å². The van der Waals surface area contributed by atoms with Gasteiger partial charge in [0.15, 0.2) is 0 Å². The van der Waals surface area contributed by atoms with Gasteiger partial charge in [-0.3, -0.25) is 4.79 Å². The lowest BCUT2D eigenvalue weighted by atomic mass is 9.87. The molecule has 2 aromatic heterocycles. The number of hydrogen-bond donors (Lipinski definition) is 0. The number of aldehydes is 1. The van der Waals surface area contributed by atoms with Gasteiger partial charge in [-0.05, 0) is 48.0 Å². The van der Waals surface area contributed by atoms with Crippen LogP contribution in [-0.4, -0.2) is 34.0 Å². The third-order valence-electron chi connectivity index (χ3n) is 8.53. The highest BCUT2D eigenvalue weighted by atomic mass is 19.1. The van der Waals surface area contributed by atoms with Gasteiger partial charge in [-0.2, -0.15) is 5.26 Å². The molecule has 0 saturated carbocycles. The van der Waals surface area contributed by atoms with Crippen molar-refractivity contribution in [3.63, 3.8) is 0 Å². The summed E-state index contributed by atoms with van der Waals surface area (Å²) in [5.74, 6) is 5.02. The zero-order chi connectivity index (χ0) is 34.9. The van der Waals surface area contributed by atoms with Crippen molar-refractivity contribution in [1.82, 2.24) is 14.5 Å². The quantitative estimate of drug-likeness (QED) is 0.124. The van der Waals surface area contributed by atoms with E-state index in [-0.39, 0.29) is 64.2 Å². The Bertz CT molecular complexity index is 2190. The molecule has 5 aromatic rings. The first-order chi connectivity index (χ1) is 23.5. The van der Waals surface area contributed by atoms with Crippen LogP contribution in [0.3, 0.4) is 0 Å². The number of imidazole rings is 1. The number of nitriles is 1. The van der Waals surface area contributed by atoms with E-state index in [0.717, 1.165) is 24.5 Å². The molecule has 0 N–H and O–H groups in total. The highest BCUT2D eigenvalue weighted by molar-refractivity contribution is 5.90. The largest absolute Gasteiger partial charge is 0.473 e. The Morgan fingerprint density at radius 2 is 1.84 bits per heavy atom. The lowest BCUT2D eigenvalue weighted by Crippen LogP contribution is -2.27. The SMILES string of the molecule is CC(C)C#Cc1cc(C=O)cc2c1nc(Cc1cc(F)c(-c3cccc(OCc4ccc(C#N)cc4F)n3)cc1F)n2C1COCC1(C)C. The van der Waals surface area contributed by atoms with Gasteiger partial charge in [0.05, 0.1) is 47.7 Å². The van der Waals surface area contributed by atoms with Gasteiger partial charge in [-0.1, -0.05) is 51.7 Å². The van der Waals surface area contributed by atoms with Crippen LogP contribution in [0.1, 0.15) is 72.2 Å². The molecule has 1 atom stereocenters. The van der Waals surface area contributed by atoms with E-state index in [1.165, 1.54) is 24.3 Å². The van der Waals surface area contributed by atoms with Crippen LogP contribution in [0.25, 0.3) is 22.3 Å². The monoisotopic (exact) mass is 662 g/mol. The topological polar surface area (TPSA) is 90.0 Å². The molecule has 0 spiro atoms. The number of nitrogens with zero attached hydrogens (tertiary/aromatic N) is 4. The molecule has 7 nitrogen and oxygen atoms in total. The molecule has 0 radical (unpaired) electrons. The summed E-state index contributed by atoms with van der Waals surface area (Å²) in [6.45, 7) is 8.80. The molecule has 0 aliphatic carbocycles. The van der Waals surface area contributed by atoms with Crippen LogP contribution in [0, 0.1) is 52.0 Å². The van der Waals surface area contributed by atoms with Gasteiger partial charge in [-0.15, -0.1) is 0 Å². The first-order valence-corrected chi connectivity index (χ1v) is 15.8. The summed E-state index contributed by atoms with van der Waals surface area (Å²) < 4.78 is 59.5. The van der Waals surface area contributed by atoms with E-state index in [9.17, 15) is 9.18 Å². The van der Waals surface area contributed by atoms with E-state index in [4.69, 9.17) is 19.7 Å². The molecule has 1 saturated heterocycles. The van der Waals surface area contributed by atoms with Gasteiger partial charge in [-0.25, -0.2) is 23.1 Å². The van der Waals surface area contributed by atoms with E-state index in [1.54, 1.807) is 18.2 Å². The van der Waals surface area contributed by atoms with Crippen molar-refractivity contribution in [2.75, 3.05) is 13.2 Å². The lowest BCUT2D eigenvalue weighted by molar-refractivity contribution is 0.112. The number of benzene rings is 3. The predicted molar refractivity (Wildman–Crippen MR) is 178 cm³/mol. The Balaban J connectivity index is 1.35. The smallest absolute Gasteiger partial charge is 0.214 e. The van der Waals surface area contributed by atoms with Crippen molar-refractivity contribution in [3.8, 4) is 35.0 Å². The van der Waals surface area contributed by atoms with Gasteiger partial charge in [0.2, 0.25) is 5.88 Å². The summed E-state index contributed by atoms with van der Waals surface area (Å²) in [6, 6.07) is 16.1. The third-order valence-corrected chi connectivity index (χ3v) is 8.53. The summed E-state index contributed by atoms with van der Waals surface area (Å²) in [5.41, 5.74) is 2.52. The van der Waals surface area contributed by atoms with Crippen molar-refractivity contribution in [3.05, 3.63) is 112 Å². The van der Waals surface area contributed by atoms with Crippen molar-refractivity contribution >= 4 is 17.3 Å². The molecule has 248 valence electrons. The normalized spacial score (nSPS) is 15.2. The summed E-state index contributed by atoms with van der Waals surface area (Å²) >= 11 is 0. The van der Waals surface area contributed by atoms with E-state index in [0.29, 0.717) is 41.2 Å². The fraction of sp³-hybridized carbons (Fsp3) is 0.282. The maximum absolute atomic E-state index is 15.9. The Kier molecular flexibility index (Phi) is 9.27. The van der Waals surface area contributed by atoms with E-state index >= 15 is 8.78 Å². The zero-order valence-corrected chi connectivity index (χ0v) is 27.5. The number of carbonyl (C=O) groups is 1. The number of carbonyl (C=O) groups excluding carboxylic acids is 1. The van der Waals surface area contributed by atoms with Crippen LogP contribution in [0.4, 0.5) is 13.2 Å².